The van der Waals surface area contributed by atoms with Gasteiger partial charge in [-0.25, -0.2) is 13.6 Å². The number of amides is 2. The van der Waals surface area contributed by atoms with Crippen LogP contribution in [-0.4, -0.2) is 49.2 Å². The topological polar surface area (TPSA) is 118 Å². The number of carbonyl (C=O) groups is 3. The van der Waals surface area contributed by atoms with Crippen molar-refractivity contribution < 1.29 is 37.2 Å². The lowest BCUT2D eigenvalue weighted by molar-refractivity contribution is -0.172. The Balaban J connectivity index is 1.58. The Kier molecular flexibility index (Phi) is 6.81. The number of hydrogen-bond donors (Lipinski definition) is 1. The fourth-order valence-corrected chi connectivity index (χ4v) is 4.41. The van der Waals surface area contributed by atoms with Gasteiger partial charge in [0.25, 0.3) is 11.8 Å². The molecule has 38 heavy (non-hydrogen) atoms. The molecule has 2 fully saturated rings. The van der Waals surface area contributed by atoms with Crippen LogP contribution in [-0.2, 0) is 19.2 Å². The summed E-state index contributed by atoms with van der Waals surface area (Å²) in [7, 11) is 0. The van der Waals surface area contributed by atoms with Crippen LogP contribution in [0.5, 0.6) is 0 Å². The molecule has 3 aromatic rings. The van der Waals surface area contributed by atoms with Gasteiger partial charge in [-0.1, -0.05) is 0 Å². The number of halogens is 2. The summed E-state index contributed by atoms with van der Waals surface area (Å²) in [6.45, 7) is 3.57. The van der Waals surface area contributed by atoms with Gasteiger partial charge >= 0.3 is 5.97 Å². The van der Waals surface area contributed by atoms with E-state index in [4.69, 9.17) is 14.0 Å². The third kappa shape index (κ3) is 5.07. The van der Waals surface area contributed by atoms with Crippen molar-refractivity contribution in [2.75, 3.05) is 36.5 Å². The summed E-state index contributed by atoms with van der Waals surface area (Å²) in [5.41, 5.74) is 0.0219. The fraction of sp³-hybridized carbons (Fsp3) is 0.308. The lowest BCUT2D eigenvalue weighted by Gasteiger charge is -2.27. The van der Waals surface area contributed by atoms with E-state index in [0.29, 0.717) is 42.8 Å². The highest BCUT2D eigenvalue weighted by Crippen LogP contribution is 2.31. The molecule has 198 valence electrons. The van der Waals surface area contributed by atoms with Crippen LogP contribution in [0.1, 0.15) is 41.7 Å². The predicted molar refractivity (Wildman–Crippen MR) is 130 cm³/mol. The molecule has 1 aromatic heterocycles. The Hall–Kier alpha value is -4.32. The molecule has 1 unspecified atom stereocenters. The van der Waals surface area contributed by atoms with Gasteiger partial charge in [-0.15, -0.1) is 5.06 Å². The van der Waals surface area contributed by atoms with E-state index in [9.17, 15) is 28.0 Å². The second kappa shape index (κ2) is 10.2. The van der Waals surface area contributed by atoms with Gasteiger partial charge in [0.15, 0.2) is 11.3 Å². The summed E-state index contributed by atoms with van der Waals surface area (Å²) in [6.07, 6.45) is -0.151. The normalized spacial score (nSPS) is 16.7. The first-order valence-corrected chi connectivity index (χ1v) is 11.9. The van der Waals surface area contributed by atoms with Crippen molar-refractivity contribution in [3.8, 4) is 0 Å². The number of nitrogens with one attached hydrogen (secondary N) is 1. The number of nitrogens with zero attached hydrogens (tertiary/aromatic N) is 2. The van der Waals surface area contributed by atoms with Crippen LogP contribution in [0, 0.1) is 11.6 Å². The van der Waals surface area contributed by atoms with Crippen molar-refractivity contribution in [1.82, 2.24) is 5.06 Å². The minimum absolute atomic E-state index is 0.0459. The first kappa shape index (κ1) is 25.3. The molecule has 2 amide bonds. The molecular formula is C26H23F2N3O7. The molecule has 0 spiro atoms. The highest BCUT2D eigenvalue weighted by Gasteiger charge is 2.33. The van der Waals surface area contributed by atoms with Crippen molar-refractivity contribution in [2.24, 2.45) is 0 Å². The molecule has 3 heterocycles. The largest absolute Gasteiger partial charge is 0.440 e. The van der Waals surface area contributed by atoms with Gasteiger partial charge in [-0.3, -0.25) is 14.4 Å². The van der Waals surface area contributed by atoms with Crippen LogP contribution in [0.3, 0.4) is 0 Å². The third-order valence-corrected chi connectivity index (χ3v) is 6.29. The van der Waals surface area contributed by atoms with E-state index in [1.807, 2.05) is 4.90 Å². The minimum atomic E-state index is -1.03. The smallest absolute Gasteiger partial charge is 0.363 e. The number of morpholine rings is 1. The maximum atomic E-state index is 13.8. The van der Waals surface area contributed by atoms with E-state index < -0.39 is 40.9 Å². The maximum absolute atomic E-state index is 13.8. The molecule has 2 aliphatic rings. The Bertz CT molecular complexity index is 1460. The molecule has 0 radical (unpaired) electrons. The SMILES string of the molecule is CC(Nc1cc(F)cc(F)c1)c1cc(C(=O)ON2C(=O)CCC2=O)cc2c(=O)cc(N3CCOCC3)oc12. The molecule has 2 saturated heterocycles. The number of rotatable bonds is 6. The zero-order chi connectivity index (χ0) is 27.0. The third-order valence-electron chi connectivity index (χ3n) is 6.29. The number of anilines is 2. The summed E-state index contributed by atoms with van der Waals surface area (Å²) in [5, 5.41) is 3.41. The Labute approximate surface area is 214 Å². The summed E-state index contributed by atoms with van der Waals surface area (Å²) >= 11 is 0. The van der Waals surface area contributed by atoms with Gasteiger partial charge in [0, 0.05) is 49.3 Å². The molecule has 2 aromatic carbocycles. The van der Waals surface area contributed by atoms with Crippen molar-refractivity contribution in [3.63, 3.8) is 0 Å². The Morgan fingerprint density at radius 1 is 0.974 bits per heavy atom. The van der Waals surface area contributed by atoms with Gasteiger partial charge in [0.1, 0.15) is 17.2 Å². The molecule has 0 aliphatic carbocycles. The number of benzene rings is 2. The van der Waals surface area contributed by atoms with Gasteiger partial charge in [0.2, 0.25) is 0 Å². The lowest BCUT2D eigenvalue weighted by atomic mass is 10.0. The zero-order valence-corrected chi connectivity index (χ0v) is 20.3. The number of hydrogen-bond acceptors (Lipinski definition) is 9. The highest BCUT2D eigenvalue weighted by atomic mass is 19.1. The second-order valence-electron chi connectivity index (χ2n) is 8.98. The van der Waals surface area contributed by atoms with E-state index in [1.54, 1.807) is 6.92 Å². The zero-order valence-electron chi connectivity index (χ0n) is 20.3. The van der Waals surface area contributed by atoms with Crippen LogP contribution in [0.15, 0.2) is 45.6 Å². The number of fused-ring (bicyclic) bond motifs is 1. The van der Waals surface area contributed by atoms with Crippen molar-refractivity contribution >= 4 is 40.3 Å². The predicted octanol–water partition coefficient (Wildman–Crippen LogP) is 3.30. The van der Waals surface area contributed by atoms with Crippen molar-refractivity contribution in [1.29, 1.82) is 0 Å². The molecule has 0 saturated carbocycles. The van der Waals surface area contributed by atoms with E-state index in [0.717, 1.165) is 18.2 Å². The van der Waals surface area contributed by atoms with Gasteiger partial charge in [-0.2, -0.15) is 0 Å². The van der Waals surface area contributed by atoms with Gasteiger partial charge < -0.3 is 24.2 Å². The quantitative estimate of drug-likeness (QED) is 0.482. The molecule has 1 N–H and O–H groups in total. The van der Waals surface area contributed by atoms with Crippen LogP contribution in [0.25, 0.3) is 11.0 Å². The van der Waals surface area contributed by atoms with E-state index in [-0.39, 0.29) is 35.1 Å². The lowest BCUT2D eigenvalue weighted by Crippen LogP contribution is -2.36. The van der Waals surface area contributed by atoms with E-state index in [1.165, 1.54) is 18.2 Å². The molecule has 2 aliphatic heterocycles. The number of hydroxylamine groups is 2. The Morgan fingerprint density at radius 3 is 2.29 bits per heavy atom. The summed E-state index contributed by atoms with van der Waals surface area (Å²) in [4.78, 5) is 56.8. The number of imide groups is 1. The monoisotopic (exact) mass is 527 g/mol. The fourth-order valence-electron chi connectivity index (χ4n) is 4.41. The molecular weight excluding hydrogens is 504 g/mol. The van der Waals surface area contributed by atoms with Crippen molar-refractivity contribution in [3.05, 3.63) is 69.4 Å². The van der Waals surface area contributed by atoms with Crippen LogP contribution < -0.4 is 15.6 Å². The number of carbonyl (C=O) groups excluding carboxylic acids is 3. The van der Waals surface area contributed by atoms with Crippen LogP contribution >= 0.6 is 0 Å². The van der Waals surface area contributed by atoms with Gasteiger partial charge in [-0.05, 0) is 31.2 Å². The second-order valence-corrected chi connectivity index (χ2v) is 8.98. The molecule has 1 atom stereocenters. The number of ether oxygens (including phenoxy) is 1. The van der Waals surface area contributed by atoms with E-state index >= 15 is 0 Å². The molecule has 0 bridgehead atoms. The summed E-state index contributed by atoms with van der Waals surface area (Å²) in [6, 6.07) is 6.16. The summed E-state index contributed by atoms with van der Waals surface area (Å²) < 4.78 is 39.1. The molecule has 12 heteroatoms. The molecule has 10 nitrogen and oxygen atoms in total. The first-order valence-electron chi connectivity index (χ1n) is 11.9. The van der Waals surface area contributed by atoms with Gasteiger partial charge in [0.05, 0.1) is 30.2 Å². The minimum Gasteiger partial charge on any atom is -0.440 e. The van der Waals surface area contributed by atoms with Crippen LogP contribution in [0.2, 0.25) is 0 Å². The first-order chi connectivity index (χ1) is 18.2. The average Bonchev–Trinajstić information content (AvgIpc) is 3.20. The van der Waals surface area contributed by atoms with Crippen molar-refractivity contribution in [2.45, 2.75) is 25.8 Å². The maximum Gasteiger partial charge on any atom is 0.363 e. The summed E-state index contributed by atoms with van der Waals surface area (Å²) in [5.74, 6) is -3.60. The molecule has 5 rings (SSSR count). The standard InChI is InChI=1S/C26H23F2N3O7/c1-14(29-18-11-16(27)10-17(28)12-18)19-8-15(26(35)38-31-22(33)2-3-23(31)34)9-20-21(32)13-24(37-25(19)20)30-4-6-36-7-5-30/h8-14,29H,2-7H2,1H3. The van der Waals surface area contributed by atoms with Crippen LogP contribution in [0.4, 0.5) is 20.4 Å². The van der Waals surface area contributed by atoms with E-state index in [2.05, 4.69) is 5.32 Å². The highest BCUT2D eigenvalue weighted by molar-refractivity contribution is 6.03. The average molecular weight is 527 g/mol. The Morgan fingerprint density at radius 2 is 1.63 bits per heavy atom.